The van der Waals surface area contributed by atoms with E-state index in [9.17, 15) is 17.2 Å². The minimum atomic E-state index is -4.00. The number of anilines is 1. The lowest BCUT2D eigenvalue weighted by Crippen LogP contribution is -2.14. The normalized spacial score (nSPS) is 11.6. The van der Waals surface area contributed by atoms with Gasteiger partial charge >= 0.3 is 0 Å². The van der Waals surface area contributed by atoms with Crippen LogP contribution < -0.4 is 4.72 Å². The van der Waals surface area contributed by atoms with E-state index < -0.39 is 21.9 Å². The molecule has 0 aliphatic heterocycles. The molecule has 1 N–H and O–H groups in total. The molecular formula is C11H12F2N4O2S. The lowest BCUT2D eigenvalue weighted by atomic mass is 10.4. The summed E-state index contributed by atoms with van der Waals surface area (Å²) in [6, 6.07) is 1.56. The number of aromatic nitrogens is 3. The summed E-state index contributed by atoms with van der Waals surface area (Å²) in [4.78, 5) is 6.78. The number of hydrogen-bond acceptors (Lipinski definition) is 4. The van der Waals surface area contributed by atoms with Crippen molar-refractivity contribution in [1.29, 1.82) is 0 Å². The van der Waals surface area contributed by atoms with Gasteiger partial charge in [-0.1, -0.05) is 0 Å². The fourth-order valence-electron chi connectivity index (χ4n) is 1.66. The molecule has 0 atom stereocenters. The smallest absolute Gasteiger partial charge is 0.280 e. The van der Waals surface area contributed by atoms with Gasteiger partial charge in [0, 0.05) is 24.9 Å². The average Bonchev–Trinajstić information content (AvgIpc) is 2.69. The SMILES string of the molecule is CCn1cc(S(=O)(=O)Nc2cc(F)nc(F)c2)nc1C. The first-order chi connectivity index (χ1) is 9.31. The highest BCUT2D eigenvalue weighted by molar-refractivity contribution is 7.92. The van der Waals surface area contributed by atoms with Crippen molar-refractivity contribution in [2.24, 2.45) is 0 Å². The van der Waals surface area contributed by atoms with Gasteiger partial charge in [-0.05, 0) is 13.8 Å². The van der Waals surface area contributed by atoms with Crippen molar-refractivity contribution in [1.82, 2.24) is 14.5 Å². The number of nitrogens with zero attached hydrogens (tertiary/aromatic N) is 3. The van der Waals surface area contributed by atoms with Crippen LogP contribution in [0.3, 0.4) is 0 Å². The molecule has 0 aromatic carbocycles. The molecule has 0 saturated heterocycles. The Morgan fingerprint density at radius 3 is 2.35 bits per heavy atom. The highest BCUT2D eigenvalue weighted by atomic mass is 32.2. The second-order valence-electron chi connectivity index (χ2n) is 4.02. The van der Waals surface area contributed by atoms with Crippen molar-refractivity contribution in [2.75, 3.05) is 4.72 Å². The highest BCUT2D eigenvalue weighted by Gasteiger charge is 2.19. The summed E-state index contributed by atoms with van der Waals surface area (Å²) in [5.74, 6) is -1.70. The molecule has 9 heteroatoms. The van der Waals surface area contributed by atoms with Crippen molar-refractivity contribution >= 4 is 15.7 Å². The third-order valence-corrected chi connectivity index (χ3v) is 3.84. The maximum Gasteiger partial charge on any atom is 0.280 e. The second-order valence-corrected chi connectivity index (χ2v) is 5.65. The van der Waals surface area contributed by atoms with Crippen LogP contribution in [0.15, 0.2) is 23.4 Å². The second kappa shape index (κ2) is 5.16. The van der Waals surface area contributed by atoms with Crippen LogP contribution in [0.1, 0.15) is 12.7 Å². The van der Waals surface area contributed by atoms with Gasteiger partial charge in [0.15, 0.2) is 5.03 Å². The van der Waals surface area contributed by atoms with E-state index in [1.54, 1.807) is 11.5 Å². The van der Waals surface area contributed by atoms with Crippen LogP contribution in [0.25, 0.3) is 0 Å². The van der Waals surface area contributed by atoms with Gasteiger partial charge in [0.25, 0.3) is 10.0 Å². The summed E-state index contributed by atoms with van der Waals surface area (Å²) in [5.41, 5.74) is -0.251. The molecule has 2 rings (SSSR count). The molecule has 2 aromatic rings. The van der Waals surface area contributed by atoms with Gasteiger partial charge < -0.3 is 4.57 Å². The van der Waals surface area contributed by atoms with Gasteiger partial charge in [-0.3, -0.25) is 4.72 Å². The monoisotopic (exact) mass is 302 g/mol. The van der Waals surface area contributed by atoms with Crippen LogP contribution in [-0.4, -0.2) is 23.0 Å². The molecule has 0 aliphatic rings. The van der Waals surface area contributed by atoms with E-state index in [1.807, 2.05) is 6.92 Å². The zero-order chi connectivity index (χ0) is 14.9. The Balaban J connectivity index is 2.35. The zero-order valence-corrected chi connectivity index (χ0v) is 11.6. The first kappa shape index (κ1) is 14.4. The third-order valence-electron chi connectivity index (χ3n) is 2.58. The van der Waals surface area contributed by atoms with E-state index in [4.69, 9.17) is 0 Å². The van der Waals surface area contributed by atoms with E-state index in [2.05, 4.69) is 14.7 Å². The molecule has 2 aromatic heterocycles. The summed E-state index contributed by atoms with van der Waals surface area (Å²) in [6.45, 7) is 4.06. The topological polar surface area (TPSA) is 76.9 Å². The quantitative estimate of drug-likeness (QED) is 0.872. The first-order valence-corrected chi connectivity index (χ1v) is 7.20. The number of imidazole rings is 1. The molecule has 0 fully saturated rings. The summed E-state index contributed by atoms with van der Waals surface area (Å²) >= 11 is 0. The van der Waals surface area contributed by atoms with Crippen molar-refractivity contribution in [2.45, 2.75) is 25.4 Å². The van der Waals surface area contributed by atoms with Crippen LogP contribution in [0, 0.1) is 18.8 Å². The van der Waals surface area contributed by atoms with Crippen molar-refractivity contribution in [3.8, 4) is 0 Å². The maximum absolute atomic E-state index is 12.9. The van der Waals surface area contributed by atoms with Gasteiger partial charge in [-0.2, -0.15) is 22.2 Å². The van der Waals surface area contributed by atoms with E-state index >= 15 is 0 Å². The van der Waals surface area contributed by atoms with Crippen molar-refractivity contribution in [3.05, 3.63) is 36.0 Å². The Hall–Kier alpha value is -2.03. The molecule has 0 saturated carbocycles. The Kier molecular flexibility index (Phi) is 3.71. The van der Waals surface area contributed by atoms with Crippen LogP contribution in [-0.2, 0) is 16.6 Å². The fourth-order valence-corrected chi connectivity index (χ4v) is 2.71. The molecule has 20 heavy (non-hydrogen) atoms. The standard InChI is InChI=1S/C11H12F2N4O2S/c1-3-17-6-11(14-7(17)2)20(18,19)16-8-4-9(12)15-10(13)5-8/h4-6H,3H2,1-2H3,(H,15,16). The van der Waals surface area contributed by atoms with E-state index in [-0.39, 0.29) is 10.7 Å². The number of pyridine rings is 1. The average molecular weight is 302 g/mol. The molecule has 0 unspecified atom stereocenters. The Bertz CT molecular complexity index is 723. The minimum Gasteiger partial charge on any atom is -0.334 e. The zero-order valence-electron chi connectivity index (χ0n) is 10.8. The number of halogens is 2. The van der Waals surface area contributed by atoms with E-state index in [1.165, 1.54) is 6.20 Å². The molecule has 0 spiro atoms. The molecule has 0 bridgehead atoms. The summed E-state index contributed by atoms with van der Waals surface area (Å²) in [7, 11) is -4.00. The highest BCUT2D eigenvalue weighted by Crippen LogP contribution is 2.16. The molecule has 108 valence electrons. The molecule has 0 radical (unpaired) electrons. The number of aryl methyl sites for hydroxylation is 2. The van der Waals surface area contributed by atoms with Gasteiger partial charge in [-0.15, -0.1) is 0 Å². The predicted molar refractivity (Wildman–Crippen MR) is 67.6 cm³/mol. The minimum absolute atomic E-state index is 0.213. The van der Waals surface area contributed by atoms with Gasteiger partial charge in [-0.25, -0.2) is 4.98 Å². The number of rotatable bonds is 4. The van der Waals surface area contributed by atoms with Crippen LogP contribution in [0.5, 0.6) is 0 Å². The Morgan fingerprint density at radius 1 is 1.25 bits per heavy atom. The molecule has 0 amide bonds. The van der Waals surface area contributed by atoms with Crippen LogP contribution in [0.4, 0.5) is 14.5 Å². The largest absolute Gasteiger partial charge is 0.334 e. The third kappa shape index (κ3) is 2.93. The van der Waals surface area contributed by atoms with Crippen molar-refractivity contribution < 1.29 is 17.2 Å². The van der Waals surface area contributed by atoms with Crippen LogP contribution >= 0.6 is 0 Å². The summed E-state index contributed by atoms with van der Waals surface area (Å²) in [5, 5.41) is -0.213. The van der Waals surface area contributed by atoms with Crippen LogP contribution in [0.2, 0.25) is 0 Å². The van der Waals surface area contributed by atoms with Gasteiger partial charge in [0.05, 0.1) is 5.69 Å². The Labute approximate surface area is 114 Å². The van der Waals surface area contributed by atoms with Crippen molar-refractivity contribution in [3.63, 3.8) is 0 Å². The maximum atomic E-state index is 12.9. The summed E-state index contributed by atoms with van der Waals surface area (Å²) < 4.78 is 53.7. The summed E-state index contributed by atoms with van der Waals surface area (Å²) in [6.07, 6.45) is 1.35. The number of hydrogen-bond donors (Lipinski definition) is 1. The lowest BCUT2D eigenvalue weighted by Gasteiger charge is -2.05. The molecule has 2 heterocycles. The van der Waals surface area contributed by atoms with E-state index in [0.29, 0.717) is 12.4 Å². The molecular weight excluding hydrogens is 290 g/mol. The molecule has 6 nitrogen and oxygen atoms in total. The lowest BCUT2D eigenvalue weighted by molar-refractivity contribution is 0.514. The number of sulfonamides is 1. The predicted octanol–water partition coefficient (Wildman–Crippen LogP) is 1.69. The number of nitrogens with one attached hydrogen (secondary N) is 1. The Morgan fingerprint density at radius 2 is 1.85 bits per heavy atom. The molecule has 0 aliphatic carbocycles. The van der Waals surface area contributed by atoms with Gasteiger partial charge in [0.1, 0.15) is 5.82 Å². The fraction of sp³-hybridized carbons (Fsp3) is 0.273. The van der Waals surface area contributed by atoms with E-state index in [0.717, 1.165) is 12.1 Å². The van der Waals surface area contributed by atoms with Gasteiger partial charge in [0.2, 0.25) is 11.9 Å². The first-order valence-electron chi connectivity index (χ1n) is 5.71.